The molecule has 0 radical (unpaired) electrons. The van der Waals surface area contributed by atoms with Gasteiger partial charge in [0, 0.05) is 18.0 Å². The molecule has 2 aromatic carbocycles. The molecule has 1 amide bonds. The highest BCUT2D eigenvalue weighted by Gasteiger charge is 2.27. The Bertz CT molecular complexity index is 1220. The van der Waals surface area contributed by atoms with Crippen LogP contribution in [0.25, 0.3) is 10.9 Å². The quantitative estimate of drug-likeness (QED) is 0.355. The van der Waals surface area contributed by atoms with Crippen molar-refractivity contribution in [3.63, 3.8) is 0 Å². The molecule has 0 aliphatic heterocycles. The van der Waals surface area contributed by atoms with Crippen molar-refractivity contribution in [3.05, 3.63) is 71.4 Å². The van der Waals surface area contributed by atoms with Gasteiger partial charge in [-0.05, 0) is 43.5 Å². The van der Waals surface area contributed by atoms with Gasteiger partial charge in [0.1, 0.15) is 18.2 Å². The minimum absolute atomic E-state index is 0.0607. The smallest absolute Gasteiger partial charge is 0.408 e. The second-order valence-electron chi connectivity index (χ2n) is 9.08. The van der Waals surface area contributed by atoms with Crippen LogP contribution in [0.15, 0.2) is 54.7 Å². The molecule has 1 heterocycles. The highest BCUT2D eigenvalue weighted by Crippen LogP contribution is 2.22. The van der Waals surface area contributed by atoms with Crippen molar-refractivity contribution in [1.29, 1.82) is 0 Å². The Hall–Kier alpha value is -4.14. The molecule has 0 spiro atoms. The Kier molecular flexibility index (Phi) is 7.91. The summed E-state index contributed by atoms with van der Waals surface area (Å²) in [5, 5.41) is 12.2. The third kappa shape index (κ3) is 7.17. The summed E-state index contributed by atoms with van der Waals surface area (Å²) < 4.78 is 12.2. The first-order valence-corrected chi connectivity index (χ1v) is 11.0. The van der Waals surface area contributed by atoms with Gasteiger partial charge in [-0.3, -0.25) is 14.2 Å². The van der Waals surface area contributed by atoms with E-state index in [9.17, 15) is 19.2 Å². The number of amides is 1. The number of aromatic nitrogens is 1. The number of para-hydroxylation sites is 1. The zero-order valence-electron chi connectivity index (χ0n) is 19.8. The van der Waals surface area contributed by atoms with Crippen LogP contribution in [-0.4, -0.2) is 45.8 Å². The van der Waals surface area contributed by atoms with Crippen LogP contribution in [-0.2, 0) is 43.3 Å². The molecule has 0 aliphatic rings. The molecule has 0 bridgehead atoms. The predicted molar refractivity (Wildman–Crippen MR) is 129 cm³/mol. The Labute approximate surface area is 202 Å². The summed E-state index contributed by atoms with van der Waals surface area (Å²) in [6.07, 6.45) is 1.51. The van der Waals surface area contributed by atoms with E-state index in [4.69, 9.17) is 14.6 Å². The van der Waals surface area contributed by atoms with E-state index < -0.39 is 29.7 Å². The van der Waals surface area contributed by atoms with Crippen LogP contribution in [0.5, 0.6) is 0 Å². The average molecular weight is 481 g/mol. The number of aliphatic carboxylic acids is 1. The summed E-state index contributed by atoms with van der Waals surface area (Å²) in [6.45, 7) is 5.08. The summed E-state index contributed by atoms with van der Waals surface area (Å²) in [5.74, 6) is -1.61. The van der Waals surface area contributed by atoms with E-state index in [-0.39, 0.29) is 19.4 Å². The zero-order valence-corrected chi connectivity index (χ0v) is 19.8. The van der Waals surface area contributed by atoms with Gasteiger partial charge in [0.25, 0.3) is 0 Å². The van der Waals surface area contributed by atoms with Gasteiger partial charge in [-0.1, -0.05) is 42.5 Å². The Morgan fingerprint density at radius 1 is 1.06 bits per heavy atom. The van der Waals surface area contributed by atoms with Crippen molar-refractivity contribution in [2.45, 2.75) is 51.9 Å². The van der Waals surface area contributed by atoms with E-state index in [0.717, 1.165) is 5.39 Å². The normalized spacial score (nSPS) is 12.1. The lowest BCUT2D eigenvalue weighted by Gasteiger charge is -2.23. The fourth-order valence-corrected chi connectivity index (χ4v) is 3.57. The van der Waals surface area contributed by atoms with Gasteiger partial charge < -0.3 is 19.9 Å². The van der Waals surface area contributed by atoms with E-state index in [1.54, 1.807) is 63.4 Å². The summed E-state index contributed by atoms with van der Waals surface area (Å²) in [6, 6.07) is 12.8. The zero-order chi connectivity index (χ0) is 25.6. The van der Waals surface area contributed by atoms with Gasteiger partial charge in [0.05, 0.1) is 11.9 Å². The van der Waals surface area contributed by atoms with Gasteiger partial charge in [-0.2, -0.15) is 0 Å². The summed E-state index contributed by atoms with van der Waals surface area (Å²) in [5.41, 5.74) is 1.90. The molecule has 0 aliphatic carbocycles. The number of carbonyl (C=O) groups excluding carboxylic acids is 3. The summed E-state index contributed by atoms with van der Waals surface area (Å²) >= 11 is 0. The van der Waals surface area contributed by atoms with Gasteiger partial charge in [0.15, 0.2) is 0 Å². The molecule has 184 valence electrons. The lowest BCUT2D eigenvalue weighted by molar-refractivity contribution is -0.147. The maximum atomic E-state index is 13.0. The molecule has 3 rings (SSSR count). The number of nitrogens with one attached hydrogen (secondary N) is 1. The van der Waals surface area contributed by atoms with Gasteiger partial charge in [-0.25, -0.2) is 9.59 Å². The van der Waals surface area contributed by atoms with Crippen LogP contribution < -0.4 is 5.32 Å². The maximum absolute atomic E-state index is 13.0. The van der Waals surface area contributed by atoms with Crippen molar-refractivity contribution >= 4 is 35.3 Å². The number of benzene rings is 2. The van der Waals surface area contributed by atoms with Crippen molar-refractivity contribution < 1.29 is 33.8 Å². The van der Waals surface area contributed by atoms with Crippen molar-refractivity contribution in [2.24, 2.45) is 0 Å². The lowest BCUT2D eigenvalue weighted by atomic mass is 10.0. The van der Waals surface area contributed by atoms with Crippen molar-refractivity contribution in [2.75, 3.05) is 0 Å². The number of carboxylic acids is 1. The number of hydrogen-bond donors (Lipinski definition) is 2. The topological polar surface area (TPSA) is 124 Å². The molecule has 9 heteroatoms. The SMILES string of the molecule is CC(C)(C)OC(=O)N[C@H](Cc1cn(C=O)c2ccccc12)C(=O)OCc1ccc(CC(=O)O)cc1. The molecule has 2 N–H and O–H groups in total. The van der Waals surface area contributed by atoms with Gasteiger partial charge >= 0.3 is 18.0 Å². The number of carboxylic acid groups (broad SMARTS) is 1. The number of carbonyl (C=O) groups is 4. The monoisotopic (exact) mass is 480 g/mol. The summed E-state index contributed by atoms with van der Waals surface area (Å²) in [4.78, 5) is 47.8. The van der Waals surface area contributed by atoms with Crippen molar-refractivity contribution in [1.82, 2.24) is 9.88 Å². The standard InChI is InChI=1S/C26H28N2O7/c1-26(2,3)35-25(33)27-21(13-19-14-28(16-29)22-7-5-4-6-20(19)22)24(32)34-15-18-10-8-17(9-11-18)12-23(30)31/h4-11,14,16,21H,12-13,15H2,1-3H3,(H,27,33)(H,30,31)/t21-/m1/s1. The fourth-order valence-electron chi connectivity index (χ4n) is 3.57. The molecule has 0 saturated heterocycles. The molecule has 35 heavy (non-hydrogen) atoms. The van der Waals surface area contributed by atoms with Crippen molar-refractivity contribution in [3.8, 4) is 0 Å². The number of hydrogen-bond acceptors (Lipinski definition) is 6. The highest BCUT2D eigenvalue weighted by atomic mass is 16.6. The highest BCUT2D eigenvalue weighted by molar-refractivity contribution is 5.90. The van der Waals surface area contributed by atoms with E-state index >= 15 is 0 Å². The number of ether oxygens (including phenoxy) is 2. The lowest BCUT2D eigenvalue weighted by Crippen LogP contribution is -2.45. The molecular formula is C26H28N2O7. The number of alkyl carbamates (subject to hydrolysis) is 1. The minimum atomic E-state index is -1.07. The van der Waals surface area contributed by atoms with Crippen LogP contribution in [0.2, 0.25) is 0 Å². The molecule has 9 nitrogen and oxygen atoms in total. The Morgan fingerprint density at radius 2 is 1.71 bits per heavy atom. The second kappa shape index (κ2) is 10.9. The third-order valence-corrected chi connectivity index (χ3v) is 5.10. The molecular weight excluding hydrogens is 452 g/mol. The average Bonchev–Trinajstić information content (AvgIpc) is 3.14. The first-order chi connectivity index (χ1) is 16.6. The molecule has 3 aromatic rings. The van der Waals surface area contributed by atoms with Crippen LogP contribution >= 0.6 is 0 Å². The van der Waals surface area contributed by atoms with Crippen LogP contribution in [0.1, 0.15) is 37.5 Å². The van der Waals surface area contributed by atoms with Crippen LogP contribution in [0.4, 0.5) is 4.79 Å². The molecule has 0 saturated carbocycles. The van der Waals surface area contributed by atoms with Crippen LogP contribution in [0, 0.1) is 0 Å². The second-order valence-corrected chi connectivity index (χ2v) is 9.08. The molecule has 1 atom stereocenters. The predicted octanol–water partition coefficient (Wildman–Crippen LogP) is 3.49. The Balaban J connectivity index is 1.77. The minimum Gasteiger partial charge on any atom is -0.481 e. The van der Waals surface area contributed by atoms with E-state index in [0.29, 0.717) is 28.6 Å². The van der Waals surface area contributed by atoms with Gasteiger partial charge in [0.2, 0.25) is 6.41 Å². The largest absolute Gasteiger partial charge is 0.481 e. The number of nitrogens with zero attached hydrogens (tertiary/aromatic N) is 1. The molecule has 0 unspecified atom stereocenters. The first kappa shape index (κ1) is 25.5. The summed E-state index contributed by atoms with van der Waals surface area (Å²) in [7, 11) is 0. The maximum Gasteiger partial charge on any atom is 0.408 e. The fraction of sp³-hybridized carbons (Fsp3) is 0.308. The third-order valence-electron chi connectivity index (χ3n) is 5.10. The number of fused-ring (bicyclic) bond motifs is 1. The molecule has 0 fully saturated rings. The van der Waals surface area contributed by atoms with Gasteiger partial charge in [-0.15, -0.1) is 0 Å². The van der Waals surface area contributed by atoms with E-state index in [1.165, 1.54) is 4.57 Å². The Morgan fingerprint density at radius 3 is 2.34 bits per heavy atom. The van der Waals surface area contributed by atoms with E-state index in [1.807, 2.05) is 12.1 Å². The first-order valence-electron chi connectivity index (χ1n) is 11.0. The number of rotatable bonds is 9. The molecule has 1 aromatic heterocycles. The number of esters is 1. The van der Waals surface area contributed by atoms with Crippen LogP contribution in [0.3, 0.4) is 0 Å². The van der Waals surface area contributed by atoms with E-state index in [2.05, 4.69) is 5.32 Å².